The van der Waals surface area contributed by atoms with E-state index >= 15 is 0 Å². The highest BCUT2D eigenvalue weighted by atomic mass is 35.5. The van der Waals surface area contributed by atoms with Gasteiger partial charge in [-0.05, 0) is 49.9 Å². The Labute approximate surface area is 175 Å². The van der Waals surface area contributed by atoms with Crippen LogP contribution < -0.4 is 0 Å². The number of nitrogens with one attached hydrogen (secondary N) is 1. The Kier molecular flexibility index (Phi) is 8.90. The summed E-state index contributed by atoms with van der Waals surface area (Å²) in [5.41, 5.74) is 1.74. The van der Waals surface area contributed by atoms with E-state index in [1.165, 1.54) is 7.11 Å². The molecule has 7 heteroatoms. The highest BCUT2D eigenvalue weighted by Crippen LogP contribution is 2.28. The topological polar surface area (TPSA) is 54.6 Å². The van der Waals surface area contributed by atoms with Crippen molar-refractivity contribution < 1.29 is 14.3 Å². The third-order valence-electron chi connectivity index (χ3n) is 4.37. The smallest absolute Gasteiger partial charge is 0.373 e. The zero-order valence-corrected chi connectivity index (χ0v) is 17.9. The summed E-state index contributed by atoms with van der Waals surface area (Å²) in [5.74, 6) is -0.316. The molecule has 0 unspecified atom stereocenters. The number of rotatable bonds is 10. The molecule has 5 nitrogen and oxygen atoms in total. The predicted octanol–water partition coefficient (Wildman–Crippen LogP) is 5.29. The van der Waals surface area contributed by atoms with Gasteiger partial charge in [0, 0.05) is 23.1 Å². The van der Waals surface area contributed by atoms with Gasteiger partial charge >= 0.3 is 5.97 Å². The van der Waals surface area contributed by atoms with E-state index in [9.17, 15) is 4.79 Å². The molecule has 0 fully saturated rings. The first kappa shape index (κ1) is 22.3. The molecule has 0 aliphatic heterocycles. The largest absolute Gasteiger partial charge is 0.490 e. The molecule has 0 radical (unpaired) electrons. The first-order valence-corrected chi connectivity index (χ1v) is 10.0. The highest BCUT2D eigenvalue weighted by molar-refractivity contribution is 6.42. The molecule has 28 heavy (non-hydrogen) atoms. The van der Waals surface area contributed by atoms with Crippen molar-refractivity contribution in [2.45, 2.75) is 20.3 Å². The third-order valence-corrected chi connectivity index (χ3v) is 5.10. The molecule has 2 aromatic rings. The van der Waals surface area contributed by atoms with Crippen LogP contribution in [0.2, 0.25) is 10.0 Å². The second-order valence-electron chi connectivity index (χ2n) is 6.19. The van der Waals surface area contributed by atoms with E-state index in [2.05, 4.69) is 23.7 Å². The summed E-state index contributed by atoms with van der Waals surface area (Å²) in [6.07, 6.45) is 5.93. The SMILES string of the molecule is CCN(CC)CCCOC(=O)/C(=C/C=C/c1cc2cc(Cl)c(Cl)cc2[nH]1)OC. The van der Waals surface area contributed by atoms with E-state index in [-0.39, 0.29) is 5.76 Å². The number of carbonyl (C=O) groups is 1. The number of hydrogen-bond acceptors (Lipinski definition) is 4. The zero-order chi connectivity index (χ0) is 20.5. The number of ether oxygens (including phenoxy) is 2. The van der Waals surface area contributed by atoms with Gasteiger partial charge in [0.05, 0.1) is 23.8 Å². The lowest BCUT2D eigenvalue weighted by molar-refractivity contribution is -0.142. The molecular weight excluding hydrogens is 399 g/mol. The molecule has 0 amide bonds. The van der Waals surface area contributed by atoms with E-state index in [0.717, 1.165) is 42.7 Å². The van der Waals surface area contributed by atoms with E-state index in [0.29, 0.717) is 16.7 Å². The monoisotopic (exact) mass is 424 g/mol. The van der Waals surface area contributed by atoms with Crippen molar-refractivity contribution in [1.82, 2.24) is 9.88 Å². The number of esters is 1. The van der Waals surface area contributed by atoms with Gasteiger partial charge in [0.15, 0.2) is 0 Å². The number of methoxy groups -OCH3 is 1. The van der Waals surface area contributed by atoms with Crippen molar-refractivity contribution in [1.29, 1.82) is 0 Å². The van der Waals surface area contributed by atoms with Crippen LogP contribution >= 0.6 is 23.2 Å². The van der Waals surface area contributed by atoms with Crippen molar-refractivity contribution in [3.05, 3.63) is 51.8 Å². The summed E-state index contributed by atoms with van der Waals surface area (Å²) in [6, 6.07) is 5.53. The number of fused-ring (bicyclic) bond motifs is 1. The van der Waals surface area contributed by atoms with Crippen molar-refractivity contribution in [2.24, 2.45) is 0 Å². The Bertz CT molecular complexity index is 816. The Morgan fingerprint density at radius 1 is 1.18 bits per heavy atom. The molecule has 0 saturated heterocycles. The summed E-state index contributed by atoms with van der Waals surface area (Å²) in [4.78, 5) is 17.6. The van der Waals surface area contributed by atoms with Crippen LogP contribution in [-0.4, -0.2) is 49.2 Å². The zero-order valence-electron chi connectivity index (χ0n) is 16.4. The maximum Gasteiger partial charge on any atom is 0.373 e. The van der Waals surface area contributed by atoms with Crippen LogP contribution in [0.15, 0.2) is 36.1 Å². The Balaban J connectivity index is 1.93. The van der Waals surface area contributed by atoms with Crippen molar-refractivity contribution >= 4 is 46.2 Å². The number of H-pyrrole nitrogens is 1. The van der Waals surface area contributed by atoms with E-state index < -0.39 is 5.97 Å². The molecule has 0 aliphatic rings. The first-order chi connectivity index (χ1) is 13.5. The average Bonchev–Trinajstić information content (AvgIpc) is 3.07. The number of carbonyl (C=O) groups excluding carboxylic acids is 1. The molecule has 1 aromatic heterocycles. The van der Waals surface area contributed by atoms with Gasteiger partial charge in [0.2, 0.25) is 5.76 Å². The first-order valence-electron chi connectivity index (χ1n) is 9.28. The van der Waals surface area contributed by atoms with E-state index in [1.807, 2.05) is 12.1 Å². The van der Waals surface area contributed by atoms with Crippen LogP contribution in [0.25, 0.3) is 17.0 Å². The normalized spacial score (nSPS) is 12.3. The fourth-order valence-corrected chi connectivity index (χ4v) is 3.10. The van der Waals surface area contributed by atoms with Crippen molar-refractivity contribution in [2.75, 3.05) is 33.4 Å². The molecule has 0 atom stereocenters. The number of hydrogen-bond donors (Lipinski definition) is 1. The van der Waals surface area contributed by atoms with Gasteiger partial charge in [0.1, 0.15) is 0 Å². The van der Waals surface area contributed by atoms with Gasteiger partial charge in [-0.2, -0.15) is 0 Å². The molecule has 0 spiro atoms. The number of halogens is 2. The minimum atomic E-state index is -0.470. The number of aromatic amines is 1. The number of nitrogens with zero attached hydrogens (tertiary/aromatic N) is 1. The van der Waals surface area contributed by atoms with Crippen LogP contribution in [0.3, 0.4) is 0 Å². The van der Waals surface area contributed by atoms with Crippen molar-refractivity contribution in [3.63, 3.8) is 0 Å². The molecule has 2 rings (SSSR count). The summed E-state index contributed by atoms with van der Waals surface area (Å²) >= 11 is 12.1. The second-order valence-corrected chi connectivity index (χ2v) is 7.00. The van der Waals surface area contributed by atoms with E-state index in [1.54, 1.807) is 24.3 Å². The summed E-state index contributed by atoms with van der Waals surface area (Å²) in [6.45, 7) is 7.48. The lowest BCUT2D eigenvalue weighted by Crippen LogP contribution is -2.25. The fourth-order valence-electron chi connectivity index (χ4n) is 2.76. The highest BCUT2D eigenvalue weighted by Gasteiger charge is 2.10. The average molecular weight is 425 g/mol. The molecule has 152 valence electrons. The third kappa shape index (κ3) is 6.30. The van der Waals surface area contributed by atoms with Gasteiger partial charge in [-0.15, -0.1) is 0 Å². The molecule has 0 saturated carbocycles. The number of allylic oxidation sites excluding steroid dienone is 2. The van der Waals surface area contributed by atoms with Gasteiger partial charge in [-0.1, -0.05) is 43.1 Å². The Morgan fingerprint density at radius 3 is 2.57 bits per heavy atom. The minimum absolute atomic E-state index is 0.154. The van der Waals surface area contributed by atoms with Crippen LogP contribution in [0.4, 0.5) is 0 Å². The number of benzene rings is 1. The standard InChI is InChI=1S/C21H26Cl2N2O3/c1-4-25(5-2)10-7-11-28-21(26)20(27-3)9-6-8-16-12-15-13-17(22)18(23)14-19(15)24-16/h6,8-9,12-14,24H,4-5,7,10-11H2,1-3H3/b8-6+,20-9-. The lowest BCUT2D eigenvalue weighted by Gasteiger charge is -2.17. The van der Waals surface area contributed by atoms with Gasteiger partial charge < -0.3 is 19.4 Å². The fraction of sp³-hybridized carbons (Fsp3) is 0.381. The number of aromatic nitrogens is 1. The van der Waals surface area contributed by atoms with Crippen LogP contribution in [0, 0.1) is 0 Å². The van der Waals surface area contributed by atoms with Crippen molar-refractivity contribution in [3.8, 4) is 0 Å². The molecule has 1 aromatic carbocycles. The van der Waals surface area contributed by atoms with Crippen LogP contribution in [0.1, 0.15) is 26.0 Å². The molecule has 0 aliphatic carbocycles. The predicted molar refractivity (Wildman–Crippen MR) is 116 cm³/mol. The van der Waals surface area contributed by atoms with Gasteiger partial charge in [0.25, 0.3) is 0 Å². The molecule has 1 heterocycles. The Morgan fingerprint density at radius 2 is 1.89 bits per heavy atom. The second kappa shape index (κ2) is 11.1. The summed E-state index contributed by atoms with van der Waals surface area (Å²) in [5, 5.41) is 1.96. The maximum absolute atomic E-state index is 12.1. The van der Waals surface area contributed by atoms with Gasteiger partial charge in [-0.3, -0.25) is 0 Å². The van der Waals surface area contributed by atoms with Crippen LogP contribution in [0.5, 0.6) is 0 Å². The summed E-state index contributed by atoms with van der Waals surface area (Å²) < 4.78 is 10.4. The molecule has 0 bridgehead atoms. The van der Waals surface area contributed by atoms with Crippen LogP contribution in [-0.2, 0) is 14.3 Å². The summed E-state index contributed by atoms with van der Waals surface area (Å²) in [7, 11) is 1.45. The Hall–Kier alpha value is -1.95. The maximum atomic E-state index is 12.1. The lowest BCUT2D eigenvalue weighted by atomic mass is 10.2. The minimum Gasteiger partial charge on any atom is -0.490 e. The van der Waals surface area contributed by atoms with Gasteiger partial charge in [-0.25, -0.2) is 4.79 Å². The molecular formula is C21H26Cl2N2O3. The molecule has 1 N–H and O–H groups in total. The quantitative estimate of drug-likeness (QED) is 0.185. The van der Waals surface area contributed by atoms with E-state index in [4.69, 9.17) is 32.7 Å².